The number of aromatic nitrogens is 2. The third kappa shape index (κ3) is 9.04. The van der Waals surface area contributed by atoms with E-state index in [1.165, 1.54) is 0 Å². The molecule has 28 heavy (non-hydrogen) atoms. The first-order valence-electron chi connectivity index (χ1n) is 8.70. The van der Waals surface area contributed by atoms with Crippen LogP contribution in [0.15, 0.2) is 12.4 Å². The van der Waals surface area contributed by atoms with Crippen LogP contribution in [0, 0.1) is 18.8 Å². The van der Waals surface area contributed by atoms with Crippen LogP contribution in [-0.2, 0) is 15.7 Å². The molecular weight excluding hydrogens is 373 g/mol. The van der Waals surface area contributed by atoms with Crippen LogP contribution in [0.1, 0.15) is 39.8 Å². The summed E-state index contributed by atoms with van der Waals surface area (Å²) in [6, 6.07) is 0.946. The third-order valence-electron chi connectivity index (χ3n) is 4.14. The number of carbonyl (C=O) groups excluding carboxylic acids is 1. The van der Waals surface area contributed by atoms with Crippen molar-refractivity contribution in [1.29, 1.82) is 0 Å². The van der Waals surface area contributed by atoms with E-state index in [9.17, 15) is 18.0 Å². The molecule has 1 amide bonds. The second-order valence-electron chi connectivity index (χ2n) is 7.14. The molecule has 0 aliphatic carbocycles. The van der Waals surface area contributed by atoms with Gasteiger partial charge in [0, 0.05) is 32.3 Å². The molecule has 158 valence electrons. The predicted octanol–water partition coefficient (Wildman–Crippen LogP) is 3.14. The van der Waals surface area contributed by atoms with E-state index in [2.05, 4.69) is 28.1 Å². The van der Waals surface area contributed by atoms with Crippen molar-refractivity contribution in [3.63, 3.8) is 0 Å². The van der Waals surface area contributed by atoms with E-state index < -0.39 is 11.9 Å². The number of amides is 1. The highest BCUT2D eigenvalue weighted by atomic mass is 19.4. The lowest BCUT2D eigenvalue weighted by Crippen LogP contribution is -2.34. The summed E-state index contributed by atoms with van der Waals surface area (Å²) in [7, 11) is 1.71. The minimum absolute atomic E-state index is 0.0126. The fourth-order valence-electron chi connectivity index (χ4n) is 2.32. The van der Waals surface area contributed by atoms with Crippen molar-refractivity contribution in [2.45, 2.75) is 51.9 Å². The zero-order valence-corrected chi connectivity index (χ0v) is 17.0. The molecule has 0 spiro atoms. The summed E-state index contributed by atoms with van der Waals surface area (Å²) in [5.41, 5.74) is -0.898. The molecule has 1 N–H and O–H groups in total. The van der Waals surface area contributed by atoms with E-state index in [0.29, 0.717) is 19.5 Å². The van der Waals surface area contributed by atoms with Crippen LogP contribution in [0.25, 0.3) is 0 Å². The standard InChI is InChI=1S/C12H15F3N4O.C5H12O.C2H2/c1-8(18-7-20)9-2-3-19(5-9)11-4-10(12(13,14)15)16-6-17-11;1-5(2,3)6-4;1-2/h4,6-9H,2-3,5H2,1H3,(H,18,20);1-4H3;1-2H. The molecule has 6 nitrogen and oxygen atoms in total. The first kappa shape index (κ1) is 25.7. The largest absolute Gasteiger partial charge is 0.433 e. The Hall–Kier alpha value is -2.34. The van der Waals surface area contributed by atoms with E-state index in [1.807, 2.05) is 27.7 Å². The van der Waals surface area contributed by atoms with Crippen LogP contribution in [0.4, 0.5) is 19.0 Å². The summed E-state index contributed by atoms with van der Waals surface area (Å²) in [5.74, 6) is 0.470. The zero-order chi connectivity index (χ0) is 22.0. The normalized spacial score (nSPS) is 17.5. The number of anilines is 1. The molecule has 2 heterocycles. The van der Waals surface area contributed by atoms with Gasteiger partial charge in [0.2, 0.25) is 6.41 Å². The fraction of sp³-hybridized carbons (Fsp3) is 0.632. The van der Waals surface area contributed by atoms with Crippen molar-refractivity contribution in [1.82, 2.24) is 15.3 Å². The third-order valence-corrected chi connectivity index (χ3v) is 4.14. The van der Waals surface area contributed by atoms with Crippen LogP contribution >= 0.6 is 0 Å². The number of methoxy groups -OCH3 is 1. The van der Waals surface area contributed by atoms with Gasteiger partial charge in [0.05, 0.1) is 5.60 Å². The van der Waals surface area contributed by atoms with Crippen LogP contribution in [0.2, 0.25) is 0 Å². The van der Waals surface area contributed by atoms with Crippen molar-refractivity contribution >= 4 is 12.2 Å². The maximum atomic E-state index is 12.6. The highest BCUT2D eigenvalue weighted by Crippen LogP contribution is 2.30. The Labute approximate surface area is 164 Å². The Kier molecular flexibility index (Phi) is 10.5. The SMILES string of the molecule is C#C.CC(NC=O)C1CCN(c2cc(C(F)(F)F)ncn2)C1.COC(C)(C)C. The van der Waals surface area contributed by atoms with Crippen molar-refractivity contribution in [2.75, 3.05) is 25.1 Å². The van der Waals surface area contributed by atoms with Crippen molar-refractivity contribution in [3.05, 3.63) is 18.1 Å². The van der Waals surface area contributed by atoms with Crippen LogP contribution in [0.3, 0.4) is 0 Å². The van der Waals surface area contributed by atoms with Gasteiger partial charge in [-0.3, -0.25) is 4.79 Å². The van der Waals surface area contributed by atoms with Gasteiger partial charge in [-0.05, 0) is 40.0 Å². The molecule has 1 aromatic rings. The van der Waals surface area contributed by atoms with Gasteiger partial charge >= 0.3 is 6.18 Å². The average Bonchev–Trinajstić information content (AvgIpc) is 3.13. The van der Waals surface area contributed by atoms with Crippen LogP contribution < -0.4 is 10.2 Å². The summed E-state index contributed by atoms with van der Waals surface area (Å²) >= 11 is 0. The fourth-order valence-corrected chi connectivity index (χ4v) is 2.32. The first-order chi connectivity index (χ1) is 13.0. The van der Waals surface area contributed by atoms with Crippen molar-refractivity contribution in [2.24, 2.45) is 5.92 Å². The van der Waals surface area contributed by atoms with E-state index in [4.69, 9.17) is 4.74 Å². The van der Waals surface area contributed by atoms with Crippen molar-refractivity contribution in [3.8, 4) is 12.8 Å². The molecular formula is C19H29F3N4O2. The van der Waals surface area contributed by atoms with Gasteiger partial charge < -0.3 is 15.0 Å². The molecule has 1 aliphatic heterocycles. The molecule has 0 saturated carbocycles. The number of hydrogen-bond acceptors (Lipinski definition) is 5. The predicted molar refractivity (Wildman–Crippen MR) is 103 cm³/mol. The summed E-state index contributed by atoms with van der Waals surface area (Å²) in [4.78, 5) is 19.3. The van der Waals surface area contributed by atoms with Gasteiger partial charge in [-0.1, -0.05) is 0 Å². The highest BCUT2D eigenvalue weighted by Gasteiger charge is 2.34. The Morgan fingerprint density at radius 2 is 1.89 bits per heavy atom. The summed E-state index contributed by atoms with van der Waals surface area (Å²) in [6.07, 6.45) is 5.90. The number of halogens is 3. The zero-order valence-electron chi connectivity index (χ0n) is 17.0. The Morgan fingerprint density at radius 3 is 2.36 bits per heavy atom. The quantitative estimate of drug-likeness (QED) is 0.619. The Bertz CT molecular complexity index is 615. The number of hydrogen-bond donors (Lipinski definition) is 1. The van der Waals surface area contributed by atoms with Crippen molar-refractivity contribution < 1.29 is 22.7 Å². The molecule has 2 rings (SSSR count). The molecule has 0 bridgehead atoms. The van der Waals surface area contributed by atoms with E-state index in [1.54, 1.807) is 12.0 Å². The Morgan fingerprint density at radius 1 is 1.32 bits per heavy atom. The number of nitrogens with one attached hydrogen (secondary N) is 1. The number of carbonyl (C=O) groups is 1. The number of ether oxygens (including phenoxy) is 1. The summed E-state index contributed by atoms with van der Waals surface area (Å²) in [5, 5.41) is 2.68. The second-order valence-corrected chi connectivity index (χ2v) is 7.14. The van der Waals surface area contributed by atoms with Gasteiger partial charge in [0.25, 0.3) is 0 Å². The minimum atomic E-state index is -4.47. The average molecular weight is 402 g/mol. The topological polar surface area (TPSA) is 67.4 Å². The summed E-state index contributed by atoms with van der Waals surface area (Å²) in [6.45, 7) is 9.12. The molecule has 1 aliphatic rings. The number of terminal acetylenes is 1. The lowest BCUT2D eigenvalue weighted by Gasteiger charge is -2.21. The van der Waals surface area contributed by atoms with Gasteiger partial charge in [-0.25, -0.2) is 9.97 Å². The van der Waals surface area contributed by atoms with Crippen LogP contribution in [0.5, 0.6) is 0 Å². The molecule has 1 saturated heterocycles. The molecule has 2 unspecified atom stereocenters. The summed E-state index contributed by atoms with van der Waals surface area (Å²) < 4.78 is 42.7. The lowest BCUT2D eigenvalue weighted by molar-refractivity contribution is -0.141. The van der Waals surface area contributed by atoms with Gasteiger partial charge in [-0.15, -0.1) is 12.8 Å². The highest BCUT2D eigenvalue weighted by molar-refractivity contribution is 5.47. The van der Waals surface area contributed by atoms with Gasteiger partial charge in [-0.2, -0.15) is 13.2 Å². The smallest absolute Gasteiger partial charge is 0.379 e. The molecule has 9 heteroatoms. The maximum Gasteiger partial charge on any atom is 0.433 e. The molecule has 0 aromatic carbocycles. The minimum Gasteiger partial charge on any atom is -0.379 e. The first-order valence-corrected chi connectivity index (χ1v) is 8.70. The van der Waals surface area contributed by atoms with E-state index in [0.717, 1.165) is 18.8 Å². The van der Waals surface area contributed by atoms with Gasteiger partial charge in [0.1, 0.15) is 17.8 Å². The number of rotatable bonds is 4. The second kappa shape index (κ2) is 11.5. The molecule has 1 fully saturated rings. The number of nitrogens with zero attached hydrogens (tertiary/aromatic N) is 3. The Balaban J connectivity index is 0.000000780. The number of alkyl halides is 3. The van der Waals surface area contributed by atoms with Crippen LogP contribution in [-0.4, -0.2) is 48.2 Å². The van der Waals surface area contributed by atoms with E-state index in [-0.39, 0.29) is 23.4 Å². The maximum absolute atomic E-state index is 12.6. The van der Waals surface area contributed by atoms with Gasteiger partial charge in [0.15, 0.2) is 0 Å². The monoisotopic (exact) mass is 402 g/mol. The molecule has 2 atom stereocenters. The lowest BCUT2D eigenvalue weighted by atomic mass is 10.0. The molecule has 0 radical (unpaired) electrons. The van der Waals surface area contributed by atoms with E-state index >= 15 is 0 Å². The molecule has 1 aromatic heterocycles.